The molecule has 29 heavy (non-hydrogen) atoms. The number of nitrogens with zero attached hydrogens (tertiary/aromatic N) is 2. The third kappa shape index (κ3) is 4.11. The lowest BCUT2D eigenvalue weighted by Crippen LogP contribution is -2.88. The Bertz CT molecular complexity index is 961. The Morgan fingerprint density at radius 2 is 2.03 bits per heavy atom. The lowest BCUT2D eigenvalue weighted by Gasteiger charge is -2.34. The normalized spacial score (nSPS) is 20.0. The fourth-order valence-corrected chi connectivity index (χ4v) is 4.32. The van der Waals surface area contributed by atoms with Gasteiger partial charge < -0.3 is 10.3 Å². The van der Waals surface area contributed by atoms with Crippen molar-refractivity contribution in [2.75, 3.05) is 18.0 Å². The van der Waals surface area contributed by atoms with Gasteiger partial charge in [-0.3, -0.25) is 10.1 Å². The monoisotopic (exact) mass is 455 g/mol. The molecule has 2 unspecified atom stereocenters. The highest BCUT2D eigenvalue weighted by Crippen LogP contribution is 2.36. The smallest absolute Gasteiger partial charge is 0.311 e. The fourth-order valence-electron chi connectivity index (χ4n) is 3.96. The Morgan fingerprint density at radius 1 is 1.24 bits per heavy atom. The number of primary amides is 1. The van der Waals surface area contributed by atoms with Crippen molar-refractivity contribution < 1.29 is 14.9 Å². The molecule has 7 heteroatoms. The van der Waals surface area contributed by atoms with E-state index in [1.165, 1.54) is 0 Å². The molecule has 2 aromatic rings. The first-order valence-corrected chi connectivity index (χ1v) is 10.7. The molecule has 2 aromatic carbocycles. The Labute approximate surface area is 178 Å². The van der Waals surface area contributed by atoms with E-state index in [4.69, 9.17) is 0 Å². The SMILES string of the molecule is CC1NN=C2c3cc(Br)ccc3N(CCC[NH2+]C(=O)Cc3ccccc3)C(=O)C21. The number of hydrogen-bond acceptors (Lipinski definition) is 4. The second kappa shape index (κ2) is 8.47. The topological polar surface area (TPSA) is 78.4 Å². The van der Waals surface area contributed by atoms with Gasteiger partial charge in [-0.2, -0.15) is 5.10 Å². The predicted molar refractivity (Wildman–Crippen MR) is 116 cm³/mol. The maximum absolute atomic E-state index is 13.2. The van der Waals surface area contributed by atoms with E-state index in [1.54, 1.807) is 5.32 Å². The van der Waals surface area contributed by atoms with Crippen molar-refractivity contribution in [2.24, 2.45) is 11.0 Å². The molecule has 0 fully saturated rings. The molecule has 2 heterocycles. The number of nitrogens with two attached hydrogens (primary N) is 1. The number of anilines is 1. The number of benzene rings is 2. The molecule has 150 valence electrons. The number of hydrazone groups is 1. The highest BCUT2D eigenvalue weighted by molar-refractivity contribution is 9.10. The molecule has 0 aliphatic carbocycles. The molecule has 0 spiro atoms. The average Bonchev–Trinajstić information content (AvgIpc) is 3.10. The van der Waals surface area contributed by atoms with E-state index in [-0.39, 0.29) is 23.8 Å². The van der Waals surface area contributed by atoms with Crippen LogP contribution in [0, 0.1) is 5.92 Å². The summed E-state index contributed by atoms with van der Waals surface area (Å²) in [5.74, 6) is -0.0688. The van der Waals surface area contributed by atoms with Crippen LogP contribution in [0.2, 0.25) is 0 Å². The molecule has 2 atom stereocenters. The van der Waals surface area contributed by atoms with Crippen molar-refractivity contribution in [1.82, 2.24) is 5.43 Å². The molecule has 0 saturated heterocycles. The van der Waals surface area contributed by atoms with Gasteiger partial charge in [0.2, 0.25) is 5.91 Å². The van der Waals surface area contributed by atoms with Crippen LogP contribution in [0.4, 0.5) is 5.69 Å². The number of carbonyl (C=O) groups is 2. The van der Waals surface area contributed by atoms with E-state index in [0.29, 0.717) is 19.5 Å². The van der Waals surface area contributed by atoms with Crippen LogP contribution in [0.5, 0.6) is 0 Å². The molecular formula is C22H24BrN4O2+. The van der Waals surface area contributed by atoms with E-state index < -0.39 is 0 Å². The third-order valence-electron chi connectivity index (χ3n) is 5.42. The second-order valence-electron chi connectivity index (χ2n) is 7.52. The maximum Gasteiger partial charge on any atom is 0.314 e. The third-order valence-corrected chi connectivity index (χ3v) is 5.91. The molecule has 2 aliphatic heterocycles. The van der Waals surface area contributed by atoms with Crippen molar-refractivity contribution >= 4 is 39.1 Å². The van der Waals surface area contributed by atoms with Gasteiger partial charge in [0.05, 0.1) is 30.4 Å². The fraction of sp³-hybridized carbons (Fsp3) is 0.318. The Balaban J connectivity index is 1.40. The van der Waals surface area contributed by atoms with Crippen LogP contribution in [0.15, 0.2) is 58.1 Å². The van der Waals surface area contributed by atoms with E-state index >= 15 is 0 Å². The van der Waals surface area contributed by atoms with Gasteiger partial charge in [-0.15, -0.1) is 0 Å². The highest BCUT2D eigenvalue weighted by Gasteiger charge is 2.43. The van der Waals surface area contributed by atoms with Gasteiger partial charge in [-0.1, -0.05) is 46.3 Å². The summed E-state index contributed by atoms with van der Waals surface area (Å²) in [6.07, 6.45) is 1.16. The number of hydrogen-bond donors (Lipinski definition) is 2. The maximum atomic E-state index is 13.2. The zero-order valence-electron chi connectivity index (χ0n) is 16.3. The summed E-state index contributed by atoms with van der Waals surface area (Å²) in [6.45, 7) is 3.22. The summed E-state index contributed by atoms with van der Waals surface area (Å²) in [7, 11) is 0. The van der Waals surface area contributed by atoms with E-state index in [0.717, 1.165) is 33.4 Å². The predicted octanol–water partition coefficient (Wildman–Crippen LogP) is 1.83. The van der Waals surface area contributed by atoms with Crippen LogP contribution in [-0.2, 0) is 16.0 Å². The van der Waals surface area contributed by atoms with Crippen molar-refractivity contribution in [3.05, 3.63) is 64.1 Å². The van der Waals surface area contributed by atoms with Crippen LogP contribution < -0.4 is 15.6 Å². The number of halogens is 1. The molecule has 2 aliphatic rings. The number of carbonyl (C=O) groups excluding carboxylic acids is 2. The van der Waals surface area contributed by atoms with Crippen molar-refractivity contribution in [3.8, 4) is 0 Å². The molecule has 0 saturated carbocycles. The van der Waals surface area contributed by atoms with Gasteiger partial charge in [0.1, 0.15) is 5.92 Å². The van der Waals surface area contributed by atoms with Crippen molar-refractivity contribution in [1.29, 1.82) is 0 Å². The molecule has 0 aromatic heterocycles. The minimum absolute atomic E-state index is 0.0221. The number of rotatable bonds is 6. The van der Waals surface area contributed by atoms with Crippen LogP contribution in [0.1, 0.15) is 24.5 Å². The molecular weight excluding hydrogens is 432 g/mol. The molecule has 2 amide bonds. The van der Waals surface area contributed by atoms with Crippen LogP contribution in [-0.4, -0.2) is 36.7 Å². The Hall–Kier alpha value is -2.51. The quantitative estimate of drug-likeness (QED) is 0.652. The highest BCUT2D eigenvalue weighted by atomic mass is 79.9. The Morgan fingerprint density at radius 3 is 2.83 bits per heavy atom. The summed E-state index contributed by atoms with van der Waals surface area (Å²) in [5, 5.41) is 6.16. The minimum Gasteiger partial charge on any atom is -0.311 e. The first-order valence-electron chi connectivity index (χ1n) is 9.89. The summed E-state index contributed by atoms with van der Waals surface area (Å²) < 4.78 is 0.964. The molecule has 0 bridgehead atoms. The zero-order chi connectivity index (χ0) is 20.4. The van der Waals surface area contributed by atoms with Crippen LogP contribution in [0.25, 0.3) is 0 Å². The van der Waals surface area contributed by atoms with Crippen molar-refractivity contribution in [3.63, 3.8) is 0 Å². The number of fused-ring (bicyclic) bond motifs is 3. The Kier molecular flexibility index (Phi) is 5.78. The first kappa shape index (κ1) is 19.8. The number of nitrogens with one attached hydrogen (secondary N) is 1. The standard InChI is InChI=1S/C22H23BrN4O2/c1-14-20-21(26-25-14)17-13-16(23)8-9-18(17)27(22(20)29)11-5-10-24-19(28)12-15-6-3-2-4-7-15/h2-4,6-9,13-14,20,25H,5,10-12H2,1H3,(H,24,28)/p+1. The summed E-state index contributed by atoms with van der Waals surface area (Å²) in [4.78, 5) is 27.2. The van der Waals surface area contributed by atoms with E-state index in [1.807, 2.05) is 60.4 Å². The lowest BCUT2D eigenvalue weighted by molar-refractivity contribution is -0.568. The largest absolute Gasteiger partial charge is 0.314 e. The first-order chi connectivity index (χ1) is 14.0. The van der Waals surface area contributed by atoms with E-state index in [2.05, 4.69) is 26.5 Å². The van der Waals surface area contributed by atoms with Gasteiger partial charge in [0, 0.05) is 23.0 Å². The average molecular weight is 456 g/mol. The minimum atomic E-state index is -0.263. The zero-order valence-corrected chi connectivity index (χ0v) is 17.9. The van der Waals surface area contributed by atoms with Gasteiger partial charge in [0.25, 0.3) is 0 Å². The van der Waals surface area contributed by atoms with E-state index in [9.17, 15) is 9.59 Å². The van der Waals surface area contributed by atoms with Gasteiger partial charge in [-0.25, -0.2) is 4.79 Å². The summed E-state index contributed by atoms with van der Waals surface area (Å²) >= 11 is 3.52. The van der Waals surface area contributed by atoms with Crippen molar-refractivity contribution in [2.45, 2.75) is 25.8 Å². The van der Waals surface area contributed by atoms with Gasteiger partial charge >= 0.3 is 5.91 Å². The molecule has 0 radical (unpaired) electrons. The number of quaternary nitrogens is 1. The molecule has 4 rings (SSSR count). The van der Waals surface area contributed by atoms with Gasteiger partial charge in [-0.05, 0) is 30.7 Å². The molecule has 3 N–H and O–H groups in total. The lowest BCUT2D eigenvalue weighted by atomic mass is 9.86. The van der Waals surface area contributed by atoms with Crippen LogP contribution >= 0.6 is 15.9 Å². The van der Waals surface area contributed by atoms with Crippen LogP contribution in [0.3, 0.4) is 0 Å². The molecule has 6 nitrogen and oxygen atoms in total. The second-order valence-corrected chi connectivity index (χ2v) is 8.43. The number of amides is 2. The van der Waals surface area contributed by atoms with Gasteiger partial charge in [0.15, 0.2) is 0 Å². The summed E-state index contributed by atoms with van der Waals surface area (Å²) in [6, 6.07) is 15.7. The summed E-state index contributed by atoms with van der Waals surface area (Å²) in [5.41, 5.74) is 6.77.